The Hall–Kier alpha value is -3.29. The van der Waals surface area contributed by atoms with Gasteiger partial charge < -0.3 is 19.9 Å². The van der Waals surface area contributed by atoms with E-state index in [2.05, 4.69) is 20.3 Å². The lowest BCUT2D eigenvalue weighted by Gasteiger charge is -2.31. The monoisotopic (exact) mass is 559 g/mol. The first kappa shape index (κ1) is 28.7. The minimum absolute atomic E-state index is 0.0298. The first-order chi connectivity index (χ1) is 18.7. The number of carbonyl (C=O) groups excluding carboxylic acids is 1. The van der Waals surface area contributed by atoms with E-state index in [1.807, 2.05) is 27.8 Å². The summed E-state index contributed by atoms with van der Waals surface area (Å²) in [5, 5.41) is 7.15. The van der Waals surface area contributed by atoms with Crippen molar-refractivity contribution in [2.24, 2.45) is 0 Å². The van der Waals surface area contributed by atoms with Gasteiger partial charge in [-0.25, -0.2) is 13.4 Å². The molecule has 2 N–H and O–H groups in total. The third-order valence-corrected chi connectivity index (χ3v) is 8.52. The van der Waals surface area contributed by atoms with E-state index in [1.54, 1.807) is 6.07 Å². The van der Waals surface area contributed by atoms with Gasteiger partial charge in [0.2, 0.25) is 15.9 Å². The minimum atomic E-state index is -3.77. The number of benzene rings is 1. The zero-order valence-electron chi connectivity index (χ0n) is 23.0. The molecule has 0 saturated carbocycles. The van der Waals surface area contributed by atoms with Crippen LogP contribution in [0.25, 0.3) is 22.4 Å². The molecular formula is C26H37N7O5S. The summed E-state index contributed by atoms with van der Waals surface area (Å²) in [6.07, 6.45) is 2.06. The number of hydrogen-bond acceptors (Lipinski definition) is 8. The predicted molar refractivity (Wildman–Crippen MR) is 148 cm³/mol. The number of H-pyrrole nitrogens is 1. The number of aromatic nitrogens is 4. The Kier molecular flexibility index (Phi) is 9.03. The summed E-state index contributed by atoms with van der Waals surface area (Å²) >= 11 is 0. The number of piperazine rings is 1. The van der Waals surface area contributed by atoms with Crippen molar-refractivity contribution in [1.29, 1.82) is 0 Å². The van der Waals surface area contributed by atoms with Crippen molar-refractivity contribution < 1.29 is 17.9 Å². The highest BCUT2D eigenvalue weighted by molar-refractivity contribution is 7.89. The highest BCUT2D eigenvalue weighted by atomic mass is 32.2. The molecule has 3 aromatic rings. The molecule has 12 nitrogen and oxygen atoms in total. The normalized spacial score (nSPS) is 15.1. The van der Waals surface area contributed by atoms with Crippen molar-refractivity contribution in [2.75, 3.05) is 46.4 Å². The van der Waals surface area contributed by atoms with E-state index >= 15 is 0 Å². The first-order valence-corrected chi connectivity index (χ1v) is 14.9. The average Bonchev–Trinajstić information content (AvgIpc) is 3.25. The molecule has 13 heteroatoms. The van der Waals surface area contributed by atoms with Crippen LogP contribution in [0, 0.1) is 0 Å². The van der Waals surface area contributed by atoms with Crippen molar-refractivity contribution in [1.82, 2.24) is 34.3 Å². The molecule has 0 aliphatic carbocycles. The quantitative estimate of drug-likeness (QED) is 0.361. The number of likely N-dealkylation sites (N-methyl/N-ethyl adjacent to an activating group) is 2. The van der Waals surface area contributed by atoms with Crippen LogP contribution in [0.5, 0.6) is 5.75 Å². The summed E-state index contributed by atoms with van der Waals surface area (Å²) in [5.74, 6) is 0.392. The maximum absolute atomic E-state index is 13.5. The topological polar surface area (TPSA) is 143 Å². The number of hydrogen-bond donors (Lipinski definition) is 2. The van der Waals surface area contributed by atoms with Crippen LogP contribution in [0.3, 0.4) is 0 Å². The smallest absolute Gasteiger partial charge is 0.279 e. The Balaban J connectivity index is 1.84. The Bertz CT molecular complexity index is 1490. The van der Waals surface area contributed by atoms with E-state index in [4.69, 9.17) is 9.72 Å². The van der Waals surface area contributed by atoms with Gasteiger partial charge in [0.1, 0.15) is 23.6 Å². The van der Waals surface area contributed by atoms with E-state index in [-0.39, 0.29) is 28.7 Å². The second-order valence-electron chi connectivity index (χ2n) is 9.63. The van der Waals surface area contributed by atoms with Crippen molar-refractivity contribution in [3.05, 3.63) is 34.2 Å². The molecule has 1 saturated heterocycles. The number of amides is 1. The van der Waals surface area contributed by atoms with Gasteiger partial charge in [-0.15, -0.1) is 0 Å². The summed E-state index contributed by atoms with van der Waals surface area (Å²) in [6, 6.07) is 4.66. The van der Waals surface area contributed by atoms with E-state index in [0.29, 0.717) is 68.3 Å². The van der Waals surface area contributed by atoms with Gasteiger partial charge in [0.15, 0.2) is 5.52 Å². The zero-order valence-corrected chi connectivity index (χ0v) is 23.8. The van der Waals surface area contributed by atoms with Crippen LogP contribution in [0.15, 0.2) is 27.9 Å². The average molecular weight is 560 g/mol. The molecule has 3 heterocycles. The van der Waals surface area contributed by atoms with Crippen molar-refractivity contribution in [3.8, 4) is 17.1 Å². The van der Waals surface area contributed by atoms with Gasteiger partial charge in [0.05, 0.1) is 22.8 Å². The molecule has 1 amide bonds. The molecule has 0 spiro atoms. The fourth-order valence-electron chi connectivity index (χ4n) is 4.57. The van der Waals surface area contributed by atoms with Crippen LogP contribution in [-0.4, -0.2) is 89.7 Å². The molecule has 0 bridgehead atoms. The van der Waals surface area contributed by atoms with E-state index in [1.165, 1.54) is 21.1 Å². The van der Waals surface area contributed by atoms with Crippen LogP contribution in [-0.2, 0) is 27.8 Å². The molecule has 0 atom stereocenters. The number of nitrogens with one attached hydrogen (secondary N) is 2. The Morgan fingerprint density at radius 1 is 1.10 bits per heavy atom. The molecule has 1 aliphatic rings. The lowest BCUT2D eigenvalue weighted by molar-refractivity contribution is -0.121. The largest absolute Gasteiger partial charge is 0.493 e. The van der Waals surface area contributed by atoms with Gasteiger partial charge in [-0.2, -0.15) is 9.40 Å². The van der Waals surface area contributed by atoms with Gasteiger partial charge in [-0.05, 0) is 45.0 Å². The third kappa shape index (κ3) is 6.15. The number of nitrogens with zero attached hydrogens (tertiary/aromatic N) is 5. The van der Waals surface area contributed by atoms with Crippen molar-refractivity contribution in [2.45, 2.75) is 51.5 Å². The Labute approximate surface area is 228 Å². The highest BCUT2D eigenvalue weighted by Gasteiger charge is 2.29. The SMILES string of the molecule is CCCOc1ccc(S(=O)(=O)N2CCN(C)CC2)cc1-c1nc2c(CCC)n(CC(=O)NCC)nc2c(=O)[nH]1. The number of rotatable bonds is 11. The Morgan fingerprint density at radius 2 is 1.85 bits per heavy atom. The summed E-state index contributed by atoms with van der Waals surface area (Å²) < 4.78 is 35.9. The van der Waals surface area contributed by atoms with E-state index in [0.717, 1.165) is 12.8 Å². The number of aryl methyl sites for hydroxylation is 1. The number of fused-ring (bicyclic) bond motifs is 1. The number of carbonyl (C=O) groups is 1. The van der Waals surface area contributed by atoms with Crippen molar-refractivity contribution >= 4 is 27.0 Å². The number of sulfonamides is 1. The van der Waals surface area contributed by atoms with Crippen LogP contribution < -0.4 is 15.6 Å². The second kappa shape index (κ2) is 12.3. The minimum Gasteiger partial charge on any atom is -0.493 e. The molecule has 1 aromatic carbocycles. The zero-order chi connectivity index (χ0) is 28.2. The summed E-state index contributed by atoms with van der Waals surface area (Å²) in [5.41, 5.74) is 1.08. The maximum atomic E-state index is 13.5. The lowest BCUT2D eigenvalue weighted by atomic mass is 10.1. The van der Waals surface area contributed by atoms with Gasteiger partial charge in [-0.3, -0.25) is 14.3 Å². The first-order valence-electron chi connectivity index (χ1n) is 13.4. The van der Waals surface area contributed by atoms with Gasteiger partial charge >= 0.3 is 0 Å². The molecule has 39 heavy (non-hydrogen) atoms. The van der Waals surface area contributed by atoms with Crippen LogP contribution in [0.2, 0.25) is 0 Å². The molecule has 0 unspecified atom stereocenters. The number of ether oxygens (including phenoxy) is 1. The number of aromatic amines is 1. The molecule has 2 aromatic heterocycles. The van der Waals surface area contributed by atoms with Gasteiger partial charge in [0.25, 0.3) is 5.56 Å². The third-order valence-electron chi connectivity index (χ3n) is 6.62. The summed E-state index contributed by atoms with van der Waals surface area (Å²) in [4.78, 5) is 35.2. The van der Waals surface area contributed by atoms with Crippen LogP contribution in [0.1, 0.15) is 39.3 Å². The van der Waals surface area contributed by atoms with Crippen LogP contribution >= 0.6 is 0 Å². The van der Waals surface area contributed by atoms with E-state index < -0.39 is 15.6 Å². The molecular weight excluding hydrogens is 522 g/mol. The molecule has 1 fully saturated rings. The standard InChI is InChI=1S/C26H37N7O5S/c1-5-8-20-23-24(30-33(20)17-22(34)27-7-3)26(35)29-25(28-23)19-16-18(9-10-21(19)38-15-6-2)39(36,37)32-13-11-31(4)12-14-32/h9-10,16H,5-8,11-15,17H2,1-4H3,(H,27,34)(H,28,29,35). The van der Waals surface area contributed by atoms with Gasteiger partial charge in [-0.1, -0.05) is 20.3 Å². The van der Waals surface area contributed by atoms with E-state index in [9.17, 15) is 18.0 Å². The fourth-order valence-corrected chi connectivity index (χ4v) is 6.01. The van der Waals surface area contributed by atoms with Crippen LogP contribution in [0.4, 0.5) is 0 Å². The molecule has 4 rings (SSSR count). The molecule has 212 valence electrons. The fraction of sp³-hybridized carbons (Fsp3) is 0.538. The molecule has 0 radical (unpaired) electrons. The Morgan fingerprint density at radius 3 is 2.51 bits per heavy atom. The maximum Gasteiger partial charge on any atom is 0.279 e. The van der Waals surface area contributed by atoms with Gasteiger partial charge in [0, 0.05) is 32.7 Å². The van der Waals surface area contributed by atoms with Crippen molar-refractivity contribution in [3.63, 3.8) is 0 Å². The second-order valence-corrected chi connectivity index (χ2v) is 11.6. The summed E-state index contributed by atoms with van der Waals surface area (Å²) in [7, 11) is -1.80. The lowest BCUT2D eigenvalue weighted by Crippen LogP contribution is -2.47. The predicted octanol–water partition coefficient (Wildman–Crippen LogP) is 1.60. The molecule has 1 aliphatic heterocycles. The highest BCUT2D eigenvalue weighted by Crippen LogP contribution is 2.32. The summed E-state index contributed by atoms with van der Waals surface area (Å²) in [6.45, 7) is 8.76.